The molecule has 0 spiro atoms. The van der Waals surface area contributed by atoms with E-state index in [-0.39, 0.29) is 24.9 Å². The normalized spacial score (nSPS) is 26.3. The van der Waals surface area contributed by atoms with Crippen LogP contribution in [0.15, 0.2) is 42.7 Å². The Morgan fingerprint density at radius 1 is 1.15 bits per heavy atom. The number of ether oxygens (including phenoxy) is 1. The van der Waals surface area contributed by atoms with Crippen LogP contribution in [0.2, 0.25) is 0 Å². The Bertz CT molecular complexity index is 727. The van der Waals surface area contributed by atoms with Crippen LogP contribution in [0.5, 0.6) is 0 Å². The summed E-state index contributed by atoms with van der Waals surface area (Å²) in [6, 6.07) is 12.6. The quantitative estimate of drug-likeness (QED) is 0.910. The average molecular weight is 354 g/mol. The highest BCUT2D eigenvalue weighted by Gasteiger charge is 2.29. The number of rotatable bonds is 4. The minimum absolute atomic E-state index is 0.0374. The minimum atomic E-state index is 0.0374. The number of anilines is 2. The van der Waals surface area contributed by atoms with Crippen LogP contribution in [0.1, 0.15) is 31.4 Å². The van der Waals surface area contributed by atoms with Crippen molar-refractivity contribution in [2.45, 2.75) is 38.0 Å². The first-order valence-electron chi connectivity index (χ1n) is 9.39. The molecule has 1 aromatic heterocycles. The van der Waals surface area contributed by atoms with Crippen molar-refractivity contribution in [3.8, 4) is 0 Å². The number of aromatic nitrogens is 2. The molecule has 2 aliphatic heterocycles. The van der Waals surface area contributed by atoms with E-state index in [2.05, 4.69) is 38.8 Å². The predicted octanol–water partition coefficient (Wildman–Crippen LogP) is 2.40. The molecule has 0 amide bonds. The molecule has 0 bridgehead atoms. The Hall–Kier alpha value is -2.18. The molecule has 2 fully saturated rings. The second-order valence-electron chi connectivity index (χ2n) is 7.16. The molecule has 2 aliphatic rings. The van der Waals surface area contributed by atoms with Gasteiger partial charge in [-0.25, -0.2) is 9.97 Å². The summed E-state index contributed by atoms with van der Waals surface area (Å²) in [6.07, 6.45) is 3.91. The lowest BCUT2D eigenvalue weighted by molar-refractivity contribution is -0.0176. The van der Waals surface area contributed by atoms with E-state index < -0.39 is 0 Å². The number of nitrogens with zero attached hydrogens (tertiary/aromatic N) is 4. The van der Waals surface area contributed by atoms with Gasteiger partial charge in [0.05, 0.1) is 18.8 Å². The van der Waals surface area contributed by atoms with Gasteiger partial charge in [-0.15, -0.1) is 0 Å². The second kappa shape index (κ2) is 7.60. The van der Waals surface area contributed by atoms with Crippen LogP contribution in [-0.4, -0.2) is 53.5 Å². The van der Waals surface area contributed by atoms with Gasteiger partial charge in [-0.1, -0.05) is 30.3 Å². The molecule has 4 rings (SSSR count). The van der Waals surface area contributed by atoms with Crippen molar-refractivity contribution in [2.24, 2.45) is 0 Å². The molecule has 3 unspecified atom stereocenters. The molecule has 0 radical (unpaired) electrons. The van der Waals surface area contributed by atoms with E-state index in [9.17, 15) is 5.11 Å². The Morgan fingerprint density at radius 3 is 2.77 bits per heavy atom. The van der Waals surface area contributed by atoms with Gasteiger partial charge in [0.15, 0.2) is 0 Å². The number of aliphatic hydroxyl groups is 1. The number of benzene rings is 1. The van der Waals surface area contributed by atoms with E-state index in [1.165, 1.54) is 5.56 Å². The van der Waals surface area contributed by atoms with Gasteiger partial charge in [0, 0.05) is 25.7 Å². The highest BCUT2D eigenvalue weighted by atomic mass is 16.5. The van der Waals surface area contributed by atoms with Crippen molar-refractivity contribution in [1.29, 1.82) is 0 Å². The van der Waals surface area contributed by atoms with Crippen molar-refractivity contribution in [3.63, 3.8) is 0 Å². The number of hydrogen-bond acceptors (Lipinski definition) is 6. The van der Waals surface area contributed by atoms with Gasteiger partial charge in [0.1, 0.15) is 24.1 Å². The van der Waals surface area contributed by atoms with Crippen molar-refractivity contribution < 1.29 is 9.84 Å². The van der Waals surface area contributed by atoms with Crippen LogP contribution < -0.4 is 9.80 Å². The monoisotopic (exact) mass is 354 g/mol. The highest BCUT2D eigenvalue weighted by molar-refractivity contribution is 5.52. The maximum Gasteiger partial charge on any atom is 0.134 e. The van der Waals surface area contributed by atoms with Gasteiger partial charge in [-0.3, -0.25) is 0 Å². The minimum Gasteiger partial charge on any atom is -0.394 e. The van der Waals surface area contributed by atoms with Crippen LogP contribution in [0.3, 0.4) is 0 Å². The molecule has 6 heteroatoms. The van der Waals surface area contributed by atoms with Crippen LogP contribution in [-0.2, 0) is 4.74 Å². The largest absolute Gasteiger partial charge is 0.394 e. The first kappa shape index (κ1) is 17.2. The van der Waals surface area contributed by atoms with Crippen molar-refractivity contribution in [1.82, 2.24) is 9.97 Å². The molecular formula is C20H26N4O2. The highest BCUT2D eigenvalue weighted by Crippen LogP contribution is 2.30. The molecule has 0 saturated carbocycles. The van der Waals surface area contributed by atoms with Gasteiger partial charge in [-0.2, -0.15) is 0 Å². The third-order valence-corrected chi connectivity index (χ3v) is 5.28. The lowest BCUT2D eigenvalue weighted by Gasteiger charge is -2.38. The Labute approximate surface area is 154 Å². The molecule has 1 N–H and O–H groups in total. The summed E-state index contributed by atoms with van der Waals surface area (Å²) in [5.41, 5.74) is 1.19. The average Bonchev–Trinajstić information content (AvgIpc) is 3.17. The van der Waals surface area contributed by atoms with E-state index in [0.717, 1.165) is 44.1 Å². The van der Waals surface area contributed by atoms with Gasteiger partial charge >= 0.3 is 0 Å². The summed E-state index contributed by atoms with van der Waals surface area (Å²) < 4.78 is 6.16. The molecule has 2 aromatic rings. The third kappa shape index (κ3) is 3.52. The van der Waals surface area contributed by atoms with Gasteiger partial charge in [0.25, 0.3) is 0 Å². The first-order chi connectivity index (χ1) is 12.7. The fraction of sp³-hybridized carbons (Fsp3) is 0.500. The molecule has 6 nitrogen and oxygen atoms in total. The van der Waals surface area contributed by atoms with Crippen LogP contribution in [0.25, 0.3) is 0 Å². The number of morpholine rings is 1. The molecule has 2 saturated heterocycles. The summed E-state index contributed by atoms with van der Waals surface area (Å²) in [5, 5.41) is 9.60. The molecular weight excluding hydrogens is 328 g/mol. The van der Waals surface area contributed by atoms with Gasteiger partial charge < -0.3 is 19.6 Å². The summed E-state index contributed by atoms with van der Waals surface area (Å²) >= 11 is 0. The molecule has 3 heterocycles. The standard InChI is InChI=1S/C20H26N4O2/c1-15-11-23(12-18(26-15)16-6-3-2-4-7-16)19-10-20(22-14-21-19)24-9-5-8-17(24)13-25/h2-4,6-7,10,14-15,17-18,25H,5,8-9,11-13H2,1H3. The molecule has 3 atom stereocenters. The number of aliphatic hydroxyl groups excluding tert-OH is 1. The summed E-state index contributed by atoms with van der Waals surface area (Å²) in [6.45, 7) is 4.79. The van der Waals surface area contributed by atoms with E-state index >= 15 is 0 Å². The van der Waals surface area contributed by atoms with Gasteiger partial charge in [0.2, 0.25) is 0 Å². The SMILES string of the molecule is CC1CN(c2cc(N3CCCC3CO)ncn2)CC(c2ccccc2)O1. The summed E-state index contributed by atoms with van der Waals surface area (Å²) in [4.78, 5) is 13.5. The zero-order valence-electron chi connectivity index (χ0n) is 15.2. The van der Waals surface area contributed by atoms with Crippen LogP contribution >= 0.6 is 0 Å². The topological polar surface area (TPSA) is 61.7 Å². The molecule has 1 aromatic carbocycles. The fourth-order valence-corrected chi connectivity index (χ4v) is 3.98. The summed E-state index contributed by atoms with van der Waals surface area (Å²) in [7, 11) is 0. The molecule has 138 valence electrons. The molecule has 0 aliphatic carbocycles. The van der Waals surface area contributed by atoms with Crippen LogP contribution in [0, 0.1) is 0 Å². The lowest BCUT2D eigenvalue weighted by atomic mass is 10.1. The van der Waals surface area contributed by atoms with Crippen LogP contribution in [0.4, 0.5) is 11.6 Å². The predicted molar refractivity (Wildman–Crippen MR) is 101 cm³/mol. The Morgan fingerprint density at radius 2 is 1.96 bits per heavy atom. The Kier molecular flexibility index (Phi) is 5.04. The number of hydrogen-bond donors (Lipinski definition) is 1. The maximum absolute atomic E-state index is 9.60. The van der Waals surface area contributed by atoms with E-state index in [4.69, 9.17) is 4.74 Å². The molecule has 26 heavy (non-hydrogen) atoms. The zero-order chi connectivity index (χ0) is 17.9. The third-order valence-electron chi connectivity index (χ3n) is 5.28. The maximum atomic E-state index is 9.60. The van der Waals surface area contributed by atoms with Crippen molar-refractivity contribution >= 4 is 11.6 Å². The smallest absolute Gasteiger partial charge is 0.134 e. The second-order valence-corrected chi connectivity index (χ2v) is 7.16. The van der Waals surface area contributed by atoms with E-state index in [0.29, 0.717) is 0 Å². The van der Waals surface area contributed by atoms with E-state index in [1.54, 1.807) is 6.33 Å². The first-order valence-corrected chi connectivity index (χ1v) is 9.39. The van der Waals surface area contributed by atoms with Gasteiger partial charge in [-0.05, 0) is 25.3 Å². The Balaban J connectivity index is 1.56. The fourth-order valence-electron chi connectivity index (χ4n) is 3.98. The lowest BCUT2D eigenvalue weighted by Crippen LogP contribution is -2.43. The summed E-state index contributed by atoms with van der Waals surface area (Å²) in [5.74, 6) is 1.83. The van der Waals surface area contributed by atoms with Crippen molar-refractivity contribution in [2.75, 3.05) is 36.0 Å². The van der Waals surface area contributed by atoms with Crippen molar-refractivity contribution in [3.05, 3.63) is 48.3 Å². The zero-order valence-corrected chi connectivity index (χ0v) is 15.2. The van der Waals surface area contributed by atoms with E-state index in [1.807, 2.05) is 24.3 Å².